The monoisotopic (exact) mass is 419 g/mol. The van der Waals surface area contributed by atoms with E-state index < -0.39 is 9.84 Å². The summed E-state index contributed by atoms with van der Waals surface area (Å²) >= 11 is 7.86. The summed E-state index contributed by atoms with van der Waals surface area (Å²) in [4.78, 5) is 15.5. The van der Waals surface area contributed by atoms with Crippen molar-refractivity contribution in [3.8, 4) is 0 Å². The number of hydrogen-bond donors (Lipinski definition) is 0. The molecule has 4 nitrogen and oxygen atoms in total. The van der Waals surface area contributed by atoms with Gasteiger partial charge in [-0.05, 0) is 18.1 Å². The minimum Gasteiger partial charge on any atom is -0.330 e. The average molecular weight is 420 g/mol. The quantitative estimate of drug-likeness (QED) is 0.630. The molecule has 0 spiro atoms. The molecular formula is C20H18ClNO3S2. The summed E-state index contributed by atoms with van der Waals surface area (Å²) in [5.74, 6) is -0.0723. The normalized spacial score (nSPS) is 18.6. The van der Waals surface area contributed by atoms with Gasteiger partial charge in [0.2, 0.25) is 0 Å². The Balaban J connectivity index is 1.72. The van der Waals surface area contributed by atoms with E-state index in [1.807, 2.05) is 54.6 Å². The minimum atomic E-state index is -3.11. The van der Waals surface area contributed by atoms with Crippen LogP contribution in [0.2, 0.25) is 5.02 Å². The summed E-state index contributed by atoms with van der Waals surface area (Å²) in [5.41, 5.74) is 0.965. The maximum absolute atomic E-state index is 13.4. The van der Waals surface area contributed by atoms with E-state index in [1.54, 1.807) is 4.90 Å². The zero-order valence-electron chi connectivity index (χ0n) is 14.5. The maximum Gasteiger partial charge on any atom is 0.266 e. The first-order valence-electron chi connectivity index (χ1n) is 8.67. The predicted octanol–water partition coefficient (Wildman–Crippen LogP) is 4.38. The number of benzene rings is 2. The molecule has 3 aromatic rings. The molecule has 0 aliphatic carbocycles. The molecule has 1 aliphatic rings. The lowest BCUT2D eigenvalue weighted by molar-refractivity contribution is 0.0686. The molecule has 0 saturated carbocycles. The van der Waals surface area contributed by atoms with E-state index in [0.29, 0.717) is 22.9 Å². The van der Waals surface area contributed by atoms with Gasteiger partial charge >= 0.3 is 0 Å². The molecule has 1 atom stereocenters. The molecule has 1 fully saturated rings. The highest BCUT2D eigenvalue weighted by atomic mass is 35.5. The van der Waals surface area contributed by atoms with Crippen LogP contribution in [0.3, 0.4) is 0 Å². The number of amides is 1. The van der Waals surface area contributed by atoms with Crippen LogP contribution in [0.4, 0.5) is 0 Å². The SMILES string of the molecule is O=C(c1sc2ccccc2c1Cl)N(Cc1ccccc1)[C@@H]1CCS(=O)(=O)C1. The van der Waals surface area contributed by atoms with Crippen molar-refractivity contribution in [3.63, 3.8) is 0 Å². The molecular weight excluding hydrogens is 402 g/mol. The second-order valence-corrected chi connectivity index (χ2v) is 10.4. The first-order chi connectivity index (χ1) is 12.9. The van der Waals surface area contributed by atoms with Crippen LogP contribution >= 0.6 is 22.9 Å². The van der Waals surface area contributed by atoms with Gasteiger partial charge in [0.1, 0.15) is 4.88 Å². The number of carbonyl (C=O) groups excluding carboxylic acids is 1. The minimum absolute atomic E-state index is 0.00802. The lowest BCUT2D eigenvalue weighted by Crippen LogP contribution is -2.40. The highest BCUT2D eigenvalue weighted by molar-refractivity contribution is 7.91. The van der Waals surface area contributed by atoms with Crippen LogP contribution in [-0.4, -0.2) is 36.8 Å². The molecule has 0 radical (unpaired) electrons. The first-order valence-corrected chi connectivity index (χ1v) is 11.7. The van der Waals surface area contributed by atoms with Crippen molar-refractivity contribution >= 4 is 48.8 Å². The van der Waals surface area contributed by atoms with Gasteiger partial charge in [-0.2, -0.15) is 0 Å². The second-order valence-electron chi connectivity index (χ2n) is 6.72. The van der Waals surface area contributed by atoms with Crippen molar-refractivity contribution in [2.24, 2.45) is 0 Å². The van der Waals surface area contributed by atoms with E-state index in [9.17, 15) is 13.2 Å². The fourth-order valence-electron chi connectivity index (χ4n) is 3.45. The highest BCUT2D eigenvalue weighted by Crippen LogP contribution is 2.37. The molecule has 7 heteroatoms. The Labute approximate surface area is 167 Å². The summed E-state index contributed by atoms with van der Waals surface area (Å²) in [7, 11) is -3.11. The lowest BCUT2D eigenvalue weighted by Gasteiger charge is -2.28. The number of rotatable bonds is 4. The molecule has 140 valence electrons. The van der Waals surface area contributed by atoms with Gasteiger partial charge in [-0.15, -0.1) is 11.3 Å². The van der Waals surface area contributed by atoms with Gasteiger partial charge in [0.05, 0.1) is 16.5 Å². The number of thiophene rings is 1. The number of sulfone groups is 1. The molecule has 1 saturated heterocycles. The third-order valence-electron chi connectivity index (χ3n) is 4.83. The van der Waals surface area contributed by atoms with Crippen LogP contribution in [0.5, 0.6) is 0 Å². The third kappa shape index (κ3) is 3.74. The summed E-state index contributed by atoms with van der Waals surface area (Å²) < 4.78 is 25.0. The van der Waals surface area contributed by atoms with Crippen LogP contribution in [0.1, 0.15) is 21.7 Å². The molecule has 2 heterocycles. The highest BCUT2D eigenvalue weighted by Gasteiger charge is 2.36. The number of fused-ring (bicyclic) bond motifs is 1. The fourth-order valence-corrected chi connectivity index (χ4v) is 6.65. The number of carbonyl (C=O) groups is 1. The van der Waals surface area contributed by atoms with Crippen LogP contribution in [0, 0.1) is 0 Å². The molecule has 0 unspecified atom stereocenters. The molecule has 2 aromatic carbocycles. The lowest BCUT2D eigenvalue weighted by atomic mass is 10.1. The zero-order valence-corrected chi connectivity index (χ0v) is 16.9. The molecule has 1 aliphatic heterocycles. The smallest absolute Gasteiger partial charge is 0.266 e. The Bertz CT molecular complexity index is 1090. The predicted molar refractivity (Wildman–Crippen MR) is 110 cm³/mol. The summed E-state index contributed by atoms with van der Waals surface area (Å²) in [5, 5.41) is 1.30. The van der Waals surface area contributed by atoms with Crippen molar-refractivity contribution in [3.05, 3.63) is 70.1 Å². The van der Waals surface area contributed by atoms with Gasteiger partial charge in [0.15, 0.2) is 9.84 Å². The Morgan fingerprint density at radius 1 is 1.11 bits per heavy atom. The summed E-state index contributed by atoms with van der Waals surface area (Å²) in [6, 6.07) is 16.9. The van der Waals surface area contributed by atoms with Crippen molar-refractivity contribution in [2.75, 3.05) is 11.5 Å². The van der Waals surface area contributed by atoms with E-state index in [-0.39, 0.29) is 23.5 Å². The molecule has 1 amide bonds. The van der Waals surface area contributed by atoms with Gasteiger partial charge in [0, 0.05) is 22.7 Å². The number of nitrogens with zero attached hydrogens (tertiary/aromatic N) is 1. The van der Waals surface area contributed by atoms with E-state index >= 15 is 0 Å². The van der Waals surface area contributed by atoms with Crippen LogP contribution in [0.25, 0.3) is 10.1 Å². The van der Waals surface area contributed by atoms with E-state index in [0.717, 1.165) is 15.6 Å². The Morgan fingerprint density at radius 2 is 1.81 bits per heavy atom. The van der Waals surface area contributed by atoms with Gasteiger partial charge in [-0.1, -0.05) is 60.1 Å². The Hall–Kier alpha value is -1.89. The van der Waals surface area contributed by atoms with Crippen molar-refractivity contribution in [1.29, 1.82) is 0 Å². The van der Waals surface area contributed by atoms with Crippen LogP contribution in [-0.2, 0) is 16.4 Å². The molecule has 1 aromatic heterocycles. The number of hydrogen-bond acceptors (Lipinski definition) is 4. The first kappa shape index (κ1) is 18.5. The van der Waals surface area contributed by atoms with Crippen LogP contribution in [0.15, 0.2) is 54.6 Å². The second kappa shape index (κ2) is 7.26. The standard InChI is InChI=1S/C20H18ClNO3S2/c21-18-16-8-4-5-9-17(16)26-19(18)20(23)22(12-14-6-2-1-3-7-14)15-10-11-27(24,25)13-15/h1-9,15H,10-13H2/t15-/m1/s1. The fraction of sp³-hybridized carbons (Fsp3) is 0.250. The van der Waals surface area contributed by atoms with Gasteiger partial charge in [0.25, 0.3) is 5.91 Å². The molecule has 0 bridgehead atoms. The largest absolute Gasteiger partial charge is 0.330 e. The van der Waals surface area contributed by atoms with Crippen molar-refractivity contribution < 1.29 is 13.2 Å². The Morgan fingerprint density at radius 3 is 2.48 bits per heavy atom. The van der Waals surface area contributed by atoms with Gasteiger partial charge in [-0.25, -0.2) is 8.42 Å². The third-order valence-corrected chi connectivity index (χ3v) is 8.25. The average Bonchev–Trinajstić information content (AvgIpc) is 3.20. The number of halogens is 1. The molecule has 27 heavy (non-hydrogen) atoms. The summed E-state index contributed by atoms with van der Waals surface area (Å²) in [6.45, 7) is 0.366. The van der Waals surface area contributed by atoms with Gasteiger partial charge in [-0.3, -0.25) is 4.79 Å². The van der Waals surface area contributed by atoms with E-state index in [1.165, 1.54) is 11.3 Å². The maximum atomic E-state index is 13.4. The van der Waals surface area contributed by atoms with E-state index in [4.69, 9.17) is 11.6 Å². The van der Waals surface area contributed by atoms with Crippen molar-refractivity contribution in [2.45, 2.75) is 19.0 Å². The Kier molecular flexibility index (Phi) is 4.97. The molecule has 0 N–H and O–H groups in total. The van der Waals surface area contributed by atoms with E-state index in [2.05, 4.69) is 0 Å². The topological polar surface area (TPSA) is 54.5 Å². The van der Waals surface area contributed by atoms with Crippen LogP contribution < -0.4 is 0 Å². The zero-order chi connectivity index (χ0) is 19.0. The van der Waals surface area contributed by atoms with Crippen molar-refractivity contribution in [1.82, 2.24) is 4.90 Å². The summed E-state index contributed by atoms with van der Waals surface area (Å²) in [6.07, 6.45) is 0.462. The van der Waals surface area contributed by atoms with Gasteiger partial charge < -0.3 is 4.90 Å². The molecule has 4 rings (SSSR count).